The molecule has 1 heterocycles. The number of pyridine rings is 1. The van der Waals surface area contributed by atoms with Gasteiger partial charge in [0.1, 0.15) is 11.9 Å². The van der Waals surface area contributed by atoms with Gasteiger partial charge < -0.3 is 10.1 Å². The van der Waals surface area contributed by atoms with Gasteiger partial charge in [-0.25, -0.2) is 14.2 Å². The molecule has 1 unspecified atom stereocenters. The minimum atomic E-state index is -0.662. The number of hydrogen-bond acceptors (Lipinski definition) is 3. The van der Waals surface area contributed by atoms with Crippen LogP contribution >= 0.6 is 11.6 Å². The largest absolute Gasteiger partial charge is 0.440 e. The third-order valence-electron chi connectivity index (χ3n) is 4.12. The van der Waals surface area contributed by atoms with Crippen LogP contribution in [0.4, 0.5) is 9.18 Å². The third-order valence-corrected chi connectivity index (χ3v) is 4.51. The number of benzene rings is 2. The molecule has 3 rings (SSSR count). The Morgan fingerprint density at radius 3 is 2.50 bits per heavy atom. The summed E-state index contributed by atoms with van der Waals surface area (Å²) in [6, 6.07) is 13.7. The number of carbonyl (C=O) groups excluding carboxylic acids is 1. The van der Waals surface area contributed by atoms with Gasteiger partial charge >= 0.3 is 6.09 Å². The standard InChI is InChI=1S/C22H22ClFN2O2/c1-13(28-21(27)26-22(2,3)4)20-18(14-8-6-5-7-9-14)19(23)16-12-15(24)10-11-17(16)25-20/h5-13H,1-4H3,(H,26,27). The van der Waals surface area contributed by atoms with E-state index >= 15 is 0 Å². The number of nitrogens with zero attached hydrogens (tertiary/aromatic N) is 1. The molecule has 0 aliphatic rings. The molecule has 1 aromatic heterocycles. The highest BCUT2D eigenvalue weighted by Gasteiger charge is 2.24. The zero-order valence-electron chi connectivity index (χ0n) is 16.2. The molecular weight excluding hydrogens is 379 g/mol. The van der Waals surface area contributed by atoms with E-state index in [-0.39, 0.29) is 0 Å². The maximum atomic E-state index is 13.8. The Bertz CT molecular complexity index is 1020. The zero-order valence-corrected chi connectivity index (χ0v) is 17.0. The van der Waals surface area contributed by atoms with Gasteiger partial charge in [0, 0.05) is 16.5 Å². The molecule has 0 bridgehead atoms. The second-order valence-electron chi connectivity index (χ2n) is 7.64. The molecule has 6 heteroatoms. The molecule has 3 aromatic rings. The predicted octanol–water partition coefficient (Wildman–Crippen LogP) is 6.28. The van der Waals surface area contributed by atoms with Gasteiger partial charge in [0.05, 0.1) is 16.2 Å². The summed E-state index contributed by atoms with van der Waals surface area (Å²) < 4.78 is 19.3. The highest BCUT2D eigenvalue weighted by atomic mass is 35.5. The maximum Gasteiger partial charge on any atom is 0.408 e. The summed E-state index contributed by atoms with van der Waals surface area (Å²) in [5.74, 6) is -0.392. The van der Waals surface area contributed by atoms with Crippen LogP contribution in [0.3, 0.4) is 0 Å². The van der Waals surface area contributed by atoms with Crippen molar-refractivity contribution in [2.45, 2.75) is 39.3 Å². The lowest BCUT2D eigenvalue weighted by molar-refractivity contribution is 0.0985. The molecule has 0 saturated heterocycles. The third kappa shape index (κ3) is 4.42. The lowest BCUT2D eigenvalue weighted by Crippen LogP contribution is -2.41. The summed E-state index contributed by atoms with van der Waals surface area (Å²) in [4.78, 5) is 16.9. The van der Waals surface area contributed by atoms with Gasteiger partial charge in [0.15, 0.2) is 0 Å². The van der Waals surface area contributed by atoms with Gasteiger partial charge in [-0.3, -0.25) is 0 Å². The van der Waals surface area contributed by atoms with Crippen molar-refractivity contribution in [1.29, 1.82) is 0 Å². The van der Waals surface area contributed by atoms with Crippen LogP contribution in [0.2, 0.25) is 5.02 Å². The van der Waals surface area contributed by atoms with Crippen molar-refractivity contribution in [2.75, 3.05) is 0 Å². The summed E-state index contributed by atoms with van der Waals surface area (Å²) in [6.45, 7) is 7.35. The number of amides is 1. The summed E-state index contributed by atoms with van der Waals surface area (Å²) in [7, 11) is 0. The second-order valence-corrected chi connectivity index (χ2v) is 8.01. The Morgan fingerprint density at radius 1 is 1.18 bits per heavy atom. The summed E-state index contributed by atoms with van der Waals surface area (Å²) >= 11 is 6.68. The van der Waals surface area contributed by atoms with Gasteiger partial charge in [-0.1, -0.05) is 41.9 Å². The number of hydrogen-bond donors (Lipinski definition) is 1. The average Bonchev–Trinajstić information content (AvgIpc) is 2.61. The predicted molar refractivity (Wildman–Crippen MR) is 110 cm³/mol. The van der Waals surface area contributed by atoms with Crippen molar-refractivity contribution in [3.05, 3.63) is 65.1 Å². The molecule has 0 saturated carbocycles. The Kier molecular flexibility index (Phi) is 5.57. The molecule has 0 aliphatic carbocycles. The van der Waals surface area contributed by atoms with Crippen LogP contribution in [0.5, 0.6) is 0 Å². The fourth-order valence-electron chi connectivity index (χ4n) is 2.94. The number of halogens is 2. The first-order chi connectivity index (χ1) is 13.2. The Labute approximate surface area is 168 Å². The van der Waals surface area contributed by atoms with Gasteiger partial charge in [-0.2, -0.15) is 0 Å². The average molecular weight is 401 g/mol. The quantitative estimate of drug-likeness (QED) is 0.562. The van der Waals surface area contributed by atoms with Crippen LogP contribution in [0.1, 0.15) is 39.5 Å². The van der Waals surface area contributed by atoms with E-state index in [0.29, 0.717) is 27.2 Å². The minimum Gasteiger partial charge on any atom is -0.440 e. The van der Waals surface area contributed by atoms with E-state index in [4.69, 9.17) is 16.3 Å². The highest BCUT2D eigenvalue weighted by Crippen LogP contribution is 2.39. The number of nitrogens with one attached hydrogen (secondary N) is 1. The number of alkyl carbamates (subject to hydrolysis) is 1. The normalized spacial score (nSPS) is 12.6. The van der Waals surface area contributed by atoms with Gasteiger partial charge in [-0.15, -0.1) is 0 Å². The first-order valence-corrected chi connectivity index (χ1v) is 9.36. The van der Waals surface area contributed by atoms with Crippen molar-refractivity contribution >= 4 is 28.6 Å². The highest BCUT2D eigenvalue weighted by molar-refractivity contribution is 6.38. The van der Waals surface area contributed by atoms with Crippen LogP contribution in [0, 0.1) is 5.82 Å². The number of aromatic nitrogens is 1. The lowest BCUT2D eigenvalue weighted by atomic mass is 9.99. The fourth-order valence-corrected chi connectivity index (χ4v) is 3.30. The van der Waals surface area contributed by atoms with Gasteiger partial charge in [-0.05, 0) is 51.5 Å². The molecule has 0 spiro atoms. The molecule has 1 amide bonds. The molecule has 0 aliphatic heterocycles. The van der Waals surface area contributed by atoms with Crippen LogP contribution in [0.25, 0.3) is 22.0 Å². The topological polar surface area (TPSA) is 51.2 Å². The van der Waals surface area contributed by atoms with E-state index in [9.17, 15) is 9.18 Å². The maximum absolute atomic E-state index is 13.8. The summed E-state index contributed by atoms with van der Waals surface area (Å²) in [5, 5.41) is 3.65. The van der Waals surface area contributed by atoms with Crippen molar-refractivity contribution < 1.29 is 13.9 Å². The smallest absolute Gasteiger partial charge is 0.408 e. The van der Waals surface area contributed by atoms with Crippen LogP contribution in [-0.2, 0) is 4.74 Å². The van der Waals surface area contributed by atoms with Crippen LogP contribution in [-0.4, -0.2) is 16.6 Å². The van der Waals surface area contributed by atoms with E-state index in [1.165, 1.54) is 12.1 Å². The first-order valence-electron chi connectivity index (χ1n) is 8.98. The fraction of sp³-hybridized carbons (Fsp3) is 0.273. The monoisotopic (exact) mass is 400 g/mol. The van der Waals surface area contributed by atoms with E-state index in [0.717, 1.165) is 5.56 Å². The molecule has 2 aromatic carbocycles. The minimum absolute atomic E-state index is 0.373. The van der Waals surface area contributed by atoms with Crippen molar-refractivity contribution in [1.82, 2.24) is 10.3 Å². The summed E-state index contributed by atoms with van der Waals surface area (Å²) in [6.07, 6.45) is -1.21. The van der Waals surface area contributed by atoms with Gasteiger partial charge in [0.25, 0.3) is 0 Å². The van der Waals surface area contributed by atoms with E-state index in [2.05, 4.69) is 10.3 Å². The van der Waals surface area contributed by atoms with E-state index in [1.807, 2.05) is 51.1 Å². The first kappa shape index (κ1) is 20.1. The molecule has 146 valence electrons. The van der Waals surface area contributed by atoms with E-state index < -0.39 is 23.6 Å². The SMILES string of the molecule is CC(OC(=O)NC(C)(C)C)c1nc2ccc(F)cc2c(Cl)c1-c1ccccc1. The van der Waals surface area contributed by atoms with Crippen LogP contribution in [0.15, 0.2) is 48.5 Å². The Morgan fingerprint density at radius 2 is 1.86 bits per heavy atom. The van der Waals surface area contributed by atoms with E-state index in [1.54, 1.807) is 13.0 Å². The molecule has 1 atom stereocenters. The molecule has 28 heavy (non-hydrogen) atoms. The molecule has 0 fully saturated rings. The number of rotatable bonds is 3. The molecule has 4 nitrogen and oxygen atoms in total. The molecule has 0 radical (unpaired) electrons. The van der Waals surface area contributed by atoms with Crippen molar-refractivity contribution in [2.24, 2.45) is 0 Å². The van der Waals surface area contributed by atoms with Crippen molar-refractivity contribution in [3.63, 3.8) is 0 Å². The second kappa shape index (κ2) is 7.76. The Balaban J connectivity index is 2.12. The number of carbonyl (C=O) groups is 1. The number of ether oxygens (including phenoxy) is 1. The van der Waals surface area contributed by atoms with Gasteiger partial charge in [0.2, 0.25) is 0 Å². The zero-order chi connectivity index (χ0) is 20.5. The molecular formula is C22H22ClFN2O2. The Hall–Kier alpha value is -2.66. The molecule has 1 N–H and O–H groups in total. The van der Waals surface area contributed by atoms with Crippen LogP contribution < -0.4 is 5.32 Å². The summed E-state index contributed by atoms with van der Waals surface area (Å²) in [5.41, 5.74) is 2.06. The van der Waals surface area contributed by atoms with Crippen molar-refractivity contribution in [3.8, 4) is 11.1 Å². The lowest BCUT2D eigenvalue weighted by Gasteiger charge is -2.23. The number of fused-ring (bicyclic) bond motifs is 1.